The molecule has 0 aliphatic carbocycles. The summed E-state index contributed by atoms with van der Waals surface area (Å²) in [6.07, 6.45) is 2.02. The van der Waals surface area contributed by atoms with E-state index in [1.807, 2.05) is 30.5 Å². The van der Waals surface area contributed by atoms with Gasteiger partial charge in [0, 0.05) is 10.6 Å². The van der Waals surface area contributed by atoms with Crippen LogP contribution in [0.2, 0.25) is 0 Å². The number of nitrogens with one attached hydrogen (secondary N) is 1. The highest BCUT2D eigenvalue weighted by molar-refractivity contribution is 7.98. The monoisotopic (exact) mass is 233 g/mol. The highest BCUT2D eigenvalue weighted by Crippen LogP contribution is 2.22. The second kappa shape index (κ2) is 4.45. The molecule has 16 heavy (non-hydrogen) atoms. The lowest BCUT2D eigenvalue weighted by molar-refractivity contribution is 0.0691. The number of benzene rings is 1. The zero-order valence-electron chi connectivity index (χ0n) is 8.73. The van der Waals surface area contributed by atoms with Crippen LogP contribution in [0.5, 0.6) is 0 Å². The number of carboxylic acids is 1. The van der Waals surface area contributed by atoms with Gasteiger partial charge in [-0.3, -0.25) is 0 Å². The van der Waals surface area contributed by atoms with Gasteiger partial charge in [0.25, 0.3) is 0 Å². The normalized spacial score (nSPS) is 10.3. The molecule has 2 aromatic rings. The van der Waals surface area contributed by atoms with Gasteiger partial charge >= 0.3 is 5.97 Å². The Morgan fingerprint density at radius 2 is 1.88 bits per heavy atom. The fourth-order valence-electron chi connectivity index (χ4n) is 1.46. The first-order chi connectivity index (χ1) is 7.70. The van der Waals surface area contributed by atoms with Crippen LogP contribution in [0.4, 0.5) is 0 Å². The van der Waals surface area contributed by atoms with E-state index in [2.05, 4.69) is 4.98 Å². The molecular weight excluding hydrogens is 222 g/mol. The summed E-state index contributed by atoms with van der Waals surface area (Å²) in [5.41, 5.74) is 2.03. The van der Waals surface area contributed by atoms with Crippen LogP contribution in [0.3, 0.4) is 0 Å². The third-order valence-corrected chi connectivity index (χ3v) is 3.06. The Balaban J connectivity index is 2.31. The number of thioether (sulfide) groups is 1. The molecule has 82 valence electrons. The Bertz CT molecular complexity index is 502. The predicted octanol–water partition coefficient (Wildman–Crippen LogP) is 3.10. The second-order valence-corrected chi connectivity index (χ2v) is 4.20. The third-order valence-electron chi connectivity index (χ3n) is 2.32. The quantitative estimate of drug-likeness (QED) is 0.801. The van der Waals surface area contributed by atoms with E-state index in [-0.39, 0.29) is 5.69 Å². The smallest absolute Gasteiger partial charge is 0.352 e. The molecule has 0 atom stereocenters. The van der Waals surface area contributed by atoms with Crippen molar-refractivity contribution in [2.75, 3.05) is 6.26 Å². The van der Waals surface area contributed by atoms with Crippen LogP contribution in [0.25, 0.3) is 11.3 Å². The van der Waals surface area contributed by atoms with E-state index in [1.54, 1.807) is 23.9 Å². The van der Waals surface area contributed by atoms with E-state index >= 15 is 0 Å². The maximum atomic E-state index is 10.7. The zero-order valence-corrected chi connectivity index (χ0v) is 9.54. The van der Waals surface area contributed by atoms with Gasteiger partial charge in [0.1, 0.15) is 5.69 Å². The largest absolute Gasteiger partial charge is 0.477 e. The molecule has 2 N–H and O–H groups in total. The van der Waals surface area contributed by atoms with Gasteiger partial charge in [0.05, 0.1) is 0 Å². The fourth-order valence-corrected chi connectivity index (χ4v) is 1.87. The van der Waals surface area contributed by atoms with Crippen molar-refractivity contribution in [2.24, 2.45) is 0 Å². The Labute approximate surface area is 97.5 Å². The molecule has 0 saturated heterocycles. The lowest BCUT2D eigenvalue weighted by Gasteiger charge is -1.99. The van der Waals surface area contributed by atoms with Crippen molar-refractivity contribution in [1.82, 2.24) is 4.98 Å². The number of rotatable bonds is 3. The highest BCUT2D eigenvalue weighted by atomic mass is 32.2. The number of carboxylic acid groups (broad SMARTS) is 1. The maximum Gasteiger partial charge on any atom is 0.352 e. The first-order valence-electron chi connectivity index (χ1n) is 4.77. The average molecular weight is 233 g/mol. The molecule has 1 aromatic heterocycles. The maximum absolute atomic E-state index is 10.7. The topological polar surface area (TPSA) is 53.1 Å². The van der Waals surface area contributed by atoms with Gasteiger partial charge in [-0.15, -0.1) is 11.8 Å². The van der Waals surface area contributed by atoms with Gasteiger partial charge in [0.2, 0.25) is 0 Å². The minimum atomic E-state index is -0.938. The Morgan fingerprint density at radius 1 is 1.19 bits per heavy atom. The van der Waals surface area contributed by atoms with Gasteiger partial charge in [-0.25, -0.2) is 4.79 Å². The van der Waals surface area contributed by atoms with Crippen molar-refractivity contribution >= 4 is 17.7 Å². The molecule has 1 aromatic carbocycles. The third kappa shape index (κ3) is 2.12. The molecule has 2 rings (SSSR count). The summed E-state index contributed by atoms with van der Waals surface area (Å²) < 4.78 is 0. The molecule has 0 amide bonds. The van der Waals surface area contributed by atoms with Crippen LogP contribution in [0, 0.1) is 0 Å². The first kappa shape index (κ1) is 10.8. The van der Waals surface area contributed by atoms with Crippen LogP contribution in [-0.2, 0) is 0 Å². The molecule has 0 spiro atoms. The van der Waals surface area contributed by atoms with Gasteiger partial charge in [-0.05, 0) is 36.1 Å². The second-order valence-electron chi connectivity index (χ2n) is 3.32. The first-order valence-corrected chi connectivity index (χ1v) is 6.00. The van der Waals surface area contributed by atoms with E-state index in [0.717, 1.165) is 11.3 Å². The van der Waals surface area contributed by atoms with E-state index in [1.165, 1.54) is 4.90 Å². The summed E-state index contributed by atoms with van der Waals surface area (Å²) in [6.45, 7) is 0. The number of H-pyrrole nitrogens is 1. The Kier molecular flexibility index (Phi) is 3.01. The van der Waals surface area contributed by atoms with Crippen LogP contribution in [0.1, 0.15) is 10.5 Å². The van der Waals surface area contributed by atoms with E-state index in [4.69, 9.17) is 5.11 Å². The van der Waals surface area contributed by atoms with Crippen LogP contribution >= 0.6 is 11.8 Å². The number of aromatic carboxylic acids is 1. The molecular formula is C12H11NO2S. The van der Waals surface area contributed by atoms with Gasteiger partial charge in [0.15, 0.2) is 0 Å². The minimum absolute atomic E-state index is 0.212. The van der Waals surface area contributed by atoms with Crippen molar-refractivity contribution in [3.8, 4) is 11.3 Å². The lowest BCUT2D eigenvalue weighted by Crippen LogP contribution is -1.95. The standard InChI is InChI=1S/C12H11NO2S/c1-16-9-4-2-8(3-5-9)10-6-7-11(13-10)12(14)15/h2-7,13H,1H3,(H,14,15). The number of hydrogen-bond acceptors (Lipinski definition) is 2. The average Bonchev–Trinajstić information content (AvgIpc) is 2.78. The fraction of sp³-hybridized carbons (Fsp3) is 0.0833. The van der Waals surface area contributed by atoms with Crippen LogP contribution < -0.4 is 0 Å². The van der Waals surface area contributed by atoms with Gasteiger partial charge in [-0.2, -0.15) is 0 Å². The van der Waals surface area contributed by atoms with Gasteiger partial charge < -0.3 is 10.1 Å². The molecule has 0 unspecified atom stereocenters. The van der Waals surface area contributed by atoms with Crippen molar-refractivity contribution in [3.63, 3.8) is 0 Å². The molecule has 0 bridgehead atoms. The van der Waals surface area contributed by atoms with E-state index in [9.17, 15) is 4.79 Å². The summed E-state index contributed by atoms with van der Waals surface area (Å²) in [5.74, 6) is -0.938. The molecule has 0 radical (unpaired) electrons. The summed E-state index contributed by atoms with van der Waals surface area (Å²) in [7, 11) is 0. The molecule has 4 heteroatoms. The Hall–Kier alpha value is -1.68. The van der Waals surface area contributed by atoms with Crippen LogP contribution in [-0.4, -0.2) is 22.3 Å². The molecule has 1 heterocycles. The van der Waals surface area contributed by atoms with E-state index < -0.39 is 5.97 Å². The number of carbonyl (C=O) groups is 1. The van der Waals surface area contributed by atoms with Gasteiger partial charge in [-0.1, -0.05) is 12.1 Å². The molecule has 0 saturated carbocycles. The predicted molar refractivity (Wildman–Crippen MR) is 65.0 cm³/mol. The van der Waals surface area contributed by atoms with Crippen molar-refractivity contribution < 1.29 is 9.90 Å². The molecule has 0 aliphatic rings. The minimum Gasteiger partial charge on any atom is -0.477 e. The van der Waals surface area contributed by atoms with Crippen LogP contribution in [0.15, 0.2) is 41.3 Å². The summed E-state index contributed by atoms with van der Waals surface area (Å²) in [5, 5.41) is 8.79. The van der Waals surface area contributed by atoms with Crippen molar-refractivity contribution in [3.05, 3.63) is 42.1 Å². The highest BCUT2D eigenvalue weighted by Gasteiger charge is 2.06. The summed E-state index contributed by atoms with van der Waals surface area (Å²) in [4.78, 5) is 14.8. The van der Waals surface area contributed by atoms with Crippen molar-refractivity contribution in [1.29, 1.82) is 0 Å². The molecule has 0 fully saturated rings. The SMILES string of the molecule is CSc1ccc(-c2ccc(C(=O)O)[nH]2)cc1. The zero-order chi connectivity index (χ0) is 11.5. The summed E-state index contributed by atoms with van der Waals surface area (Å²) >= 11 is 1.68. The van der Waals surface area contributed by atoms with E-state index in [0.29, 0.717) is 0 Å². The lowest BCUT2D eigenvalue weighted by atomic mass is 10.2. The van der Waals surface area contributed by atoms with Crippen molar-refractivity contribution in [2.45, 2.75) is 4.90 Å². The number of aromatic nitrogens is 1. The molecule has 0 aliphatic heterocycles. The summed E-state index contributed by atoms with van der Waals surface area (Å²) in [6, 6.07) is 11.3. The number of hydrogen-bond donors (Lipinski definition) is 2. The number of aromatic amines is 1. The molecule has 3 nitrogen and oxygen atoms in total. The Morgan fingerprint density at radius 3 is 2.38 bits per heavy atom.